The molecule has 1 N–H and O–H groups in total. The second kappa shape index (κ2) is 6.51. The third kappa shape index (κ3) is 4.57. The highest BCUT2D eigenvalue weighted by Gasteiger charge is 2.30. The second-order valence-electron chi connectivity index (χ2n) is 4.65. The van der Waals surface area contributed by atoms with E-state index in [0.29, 0.717) is 0 Å². The van der Waals surface area contributed by atoms with Crippen LogP contribution in [0, 0.1) is 0 Å². The van der Waals surface area contributed by atoms with Crippen LogP contribution in [-0.4, -0.2) is 16.9 Å². The van der Waals surface area contributed by atoms with Gasteiger partial charge in [-0.25, -0.2) is 0 Å². The van der Waals surface area contributed by atoms with Gasteiger partial charge in [-0.05, 0) is 42.5 Å². The van der Waals surface area contributed by atoms with Gasteiger partial charge in [-0.1, -0.05) is 6.07 Å². The van der Waals surface area contributed by atoms with Crippen LogP contribution in [0.3, 0.4) is 0 Å². The number of Topliss-reactive ketones (excluding diaryl/α,β-unsaturated/α-hetero) is 1. The lowest BCUT2D eigenvalue weighted by Crippen LogP contribution is -2.06. The van der Waals surface area contributed by atoms with Crippen LogP contribution in [-0.2, 0) is 11.0 Å². The summed E-state index contributed by atoms with van der Waals surface area (Å²) >= 11 is 0. The Bertz CT molecular complexity index is 721. The molecule has 0 aromatic heterocycles. The van der Waals surface area contributed by atoms with Crippen molar-refractivity contribution < 1.29 is 32.6 Å². The van der Waals surface area contributed by atoms with Crippen molar-refractivity contribution in [3.63, 3.8) is 0 Å². The van der Waals surface area contributed by atoms with E-state index in [9.17, 15) is 22.8 Å². The fourth-order valence-electron chi connectivity index (χ4n) is 1.82. The van der Waals surface area contributed by atoms with Crippen molar-refractivity contribution in [3.8, 4) is 11.5 Å². The Kier molecular flexibility index (Phi) is 4.68. The van der Waals surface area contributed by atoms with E-state index in [0.717, 1.165) is 12.1 Å². The number of carboxylic acid groups (broad SMARTS) is 1. The van der Waals surface area contributed by atoms with Crippen molar-refractivity contribution in [2.24, 2.45) is 0 Å². The molecule has 23 heavy (non-hydrogen) atoms. The van der Waals surface area contributed by atoms with Gasteiger partial charge < -0.3 is 9.84 Å². The molecule has 7 heteroatoms. The lowest BCUT2D eigenvalue weighted by Gasteiger charge is -2.10. The van der Waals surface area contributed by atoms with Crippen molar-refractivity contribution in [1.29, 1.82) is 0 Å². The van der Waals surface area contributed by atoms with Crippen LogP contribution in [0.4, 0.5) is 13.2 Å². The van der Waals surface area contributed by atoms with Crippen LogP contribution in [0.1, 0.15) is 22.3 Å². The molecule has 0 unspecified atom stereocenters. The average Bonchev–Trinajstić information content (AvgIpc) is 2.46. The van der Waals surface area contributed by atoms with E-state index in [1.54, 1.807) is 0 Å². The quantitative estimate of drug-likeness (QED) is 0.663. The lowest BCUT2D eigenvalue weighted by molar-refractivity contribution is -0.138. The third-order valence-corrected chi connectivity index (χ3v) is 2.89. The minimum Gasteiger partial charge on any atom is -0.481 e. The second-order valence-corrected chi connectivity index (χ2v) is 4.65. The smallest absolute Gasteiger partial charge is 0.416 e. The fraction of sp³-hybridized carbons (Fsp3) is 0.125. The number of alkyl halides is 3. The predicted octanol–water partition coefficient (Wildman–Crippen LogP) is 4.16. The summed E-state index contributed by atoms with van der Waals surface area (Å²) in [5, 5.41) is 8.55. The van der Waals surface area contributed by atoms with Crippen LogP contribution >= 0.6 is 0 Å². The molecule has 0 saturated carbocycles. The maximum Gasteiger partial charge on any atom is 0.416 e. The first-order chi connectivity index (χ1) is 10.8. The van der Waals surface area contributed by atoms with Crippen LogP contribution in [0.2, 0.25) is 0 Å². The third-order valence-electron chi connectivity index (χ3n) is 2.89. The Balaban J connectivity index is 2.12. The van der Waals surface area contributed by atoms with Gasteiger partial charge in [-0.2, -0.15) is 13.2 Å². The molecule has 0 saturated heterocycles. The largest absolute Gasteiger partial charge is 0.481 e. The molecule has 2 aromatic carbocycles. The van der Waals surface area contributed by atoms with Gasteiger partial charge in [0.1, 0.15) is 17.9 Å². The highest BCUT2D eigenvalue weighted by molar-refractivity contribution is 6.05. The van der Waals surface area contributed by atoms with Gasteiger partial charge in [-0.15, -0.1) is 0 Å². The summed E-state index contributed by atoms with van der Waals surface area (Å²) in [6.07, 6.45) is -5.10. The molecule has 0 heterocycles. The Hall–Kier alpha value is -2.83. The summed E-state index contributed by atoms with van der Waals surface area (Å²) in [5.74, 6) is -1.57. The minimum atomic E-state index is -4.47. The van der Waals surface area contributed by atoms with Gasteiger partial charge in [0, 0.05) is 5.56 Å². The van der Waals surface area contributed by atoms with Crippen molar-refractivity contribution in [3.05, 3.63) is 59.7 Å². The number of ketones is 1. The van der Waals surface area contributed by atoms with Gasteiger partial charge in [0.2, 0.25) is 0 Å². The van der Waals surface area contributed by atoms with E-state index in [1.165, 1.54) is 36.4 Å². The highest BCUT2D eigenvalue weighted by atomic mass is 19.4. The monoisotopic (exact) mass is 324 g/mol. The molecular formula is C16H11F3O4. The van der Waals surface area contributed by atoms with Gasteiger partial charge in [0.05, 0.1) is 5.56 Å². The summed E-state index contributed by atoms with van der Waals surface area (Å²) in [5.41, 5.74) is -0.646. The number of hydrogen-bond acceptors (Lipinski definition) is 3. The molecule has 2 aromatic rings. The molecule has 120 valence electrons. The first-order valence-electron chi connectivity index (χ1n) is 6.46. The summed E-state index contributed by atoms with van der Waals surface area (Å²) in [6.45, 7) is 0. The molecule has 4 nitrogen and oxygen atoms in total. The molecule has 0 spiro atoms. The zero-order valence-electron chi connectivity index (χ0n) is 11.6. The first kappa shape index (κ1) is 16.5. The van der Waals surface area contributed by atoms with Crippen LogP contribution in [0.5, 0.6) is 11.5 Å². The average molecular weight is 324 g/mol. The Morgan fingerprint density at radius 1 is 1.00 bits per heavy atom. The number of hydrogen-bond donors (Lipinski definition) is 1. The van der Waals surface area contributed by atoms with Crippen LogP contribution in [0.25, 0.3) is 0 Å². The molecule has 0 fully saturated rings. The number of benzene rings is 2. The van der Waals surface area contributed by atoms with Crippen molar-refractivity contribution in [2.45, 2.75) is 12.6 Å². The molecule has 0 aliphatic carbocycles. The van der Waals surface area contributed by atoms with Gasteiger partial charge in [0.15, 0.2) is 5.78 Å². The van der Waals surface area contributed by atoms with Gasteiger partial charge >= 0.3 is 12.1 Å². The SMILES string of the molecule is O=C(O)CC(=O)c1ccc(Oc2cccc(C(F)(F)F)c2)cc1. The molecular weight excluding hydrogens is 313 g/mol. The van der Waals surface area contributed by atoms with Crippen molar-refractivity contribution in [2.75, 3.05) is 0 Å². The number of carbonyl (C=O) groups excluding carboxylic acids is 1. The molecule has 0 radical (unpaired) electrons. The standard InChI is InChI=1S/C16H11F3O4/c17-16(18,19)11-2-1-3-13(8-11)23-12-6-4-10(5-7-12)14(20)9-15(21)22/h1-8H,9H2,(H,21,22). The van der Waals surface area contributed by atoms with Crippen molar-refractivity contribution in [1.82, 2.24) is 0 Å². The van der Waals surface area contributed by atoms with E-state index in [4.69, 9.17) is 9.84 Å². The Morgan fingerprint density at radius 2 is 1.65 bits per heavy atom. The maximum atomic E-state index is 12.6. The molecule has 0 aliphatic rings. The summed E-state index contributed by atoms with van der Waals surface area (Å²) in [7, 11) is 0. The summed E-state index contributed by atoms with van der Waals surface area (Å²) in [6, 6.07) is 9.87. The summed E-state index contributed by atoms with van der Waals surface area (Å²) in [4.78, 5) is 22.0. The molecule has 2 rings (SSSR count). The van der Waals surface area contributed by atoms with E-state index in [2.05, 4.69) is 0 Å². The first-order valence-corrected chi connectivity index (χ1v) is 6.46. The molecule has 0 atom stereocenters. The van der Waals surface area contributed by atoms with Gasteiger partial charge in [-0.3, -0.25) is 9.59 Å². The maximum absolute atomic E-state index is 12.6. The number of rotatable bonds is 5. The fourth-order valence-corrected chi connectivity index (χ4v) is 1.82. The van der Waals surface area contributed by atoms with Crippen LogP contribution < -0.4 is 4.74 Å². The number of ether oxygens (including phenoxy) is 1. The van der Waals surface area contributed by atoms with Crippen molar-refractivity contribution >= 4 is 11.8 Å². The lowest BCUT2D eigenvalue weighted by atomic mass is 10.1. The molecule has 0 amide bonds. The summed E-state index contributed by atoms with van der Waals surface area (Å²) < 4.78 is 43.1. The Morgan fingerprint density at radius 3 is 2.22 bits per heavy atom. The minimum absolute atomic E-state index is 0.00411. The van der Waals surface area contributed by atoms with E-state index in [-0.39, 0.29) is 17.1 Å². The number of halogens is 3. The number of carboxylic acids is 1. The zero-order chi connectivity index (χ0) is 17.0. The van der Waals surface area contributed by atoms with Gasteiger partial charge in [0.25, 0.3) is 0 Å². The zero-order valence-corrected chi connectivity index (χ0v) is 11.6. The topological polar surface area (TPSA) is 63.6 Å². The van der Waals surface area contributed by atoms with E-state index >= 15 is 0 Å². The predicted molar refractivity (Wildman–Crippen MR) is 74.5 cm³/mol. The van der Waals surface area contributed by atoms with E-state index in [1.807, 2.05) is 0 Å². The van der Waals surface area contributed by atoms with Crippen LogP contribution in [0.15, 0.2) is 48.5 Å². The molecule has 0 bridgehead atoms. The molecule has 0 aliphatic heterocycles. The number of carbonyl (C=O) groups is 2. The number of aliphatic carboxylic acids is 1. The normalized spacial score (nSPS) is 11.1. The highest BCUT2D eigenvalue weighted by Crippen LogP contribution is 2.32. The Labute approximate surface area is 129 Å². The van der Waals surface area contributed by atoms with E-state index < -0.39 is 29.9 Å².